The first-order chi connectivity index (χ1) is 10.4. The molecule has 0 radical (unpaired) electrons. The number of hydrogen-bond donors (Lipinski definition) is 1. The van der Waals surface area contributed by atoms with Crippen molar-refractivity contribution in [3.8, 4) is 0 Å². The van der Waals surface area contributed by atoms with Gasteiger partial charge in [0.25, 0.3) is 0 Å². The van der Waals surface area contributed by atoms with Crippen LogP contribution in [0.25, 0.3) is 0 Å². The number of amides is 1. The average molecular weight is 320 g/mol. The predicted octanol–water partition coefficient (Wildman–Crippen LogP) is 3.17. The second kappa shape index (κ2) is 5.18. The van der Waals surface area contributed by atoms with Crippen molar-refractivity contribution < 1.29 is 18.7 Å². The van der Waals surface area contributed by atoms with Crippen molar-refractivity contribution in [3.63, 3.8) is 0 Å². The third-order valence-electron chi connectivity index (χ3n) is 3.90. The molecule has 1 aliphatic heterocycles. The molecule has 0 bridgehead atoms. The molecule has 1 aromatic carbocycles. The molecule has 5 nitrogen and oxygen atoms in total. The van der Waals surface area contributed by atoms with Crippen molar-refractivity contribution >= 4 is 29.2 Å². The van der Waals surface area contributed by atoms with E-state index in [1.807, 2.05) is 6.92 Å². The van der Waals surface area contributed by atoms with Crippen LogP contribution in [0.4, 0.5) is 5.69 Å². The van der Waals surface area contributed by atoms with Gasteiger partial charge < -0.3 is 14.5 Å². The molecule has 22 heavy (non-hydrogen) atoms. The normalized spacial score (nSPS) is 19.7. The van der Waals surface area contributed by atoms with Gasteiger partial charge in [-0.2, -0.15) is 0 Å². The number of benzene rings is 1. The van der Waals surface area contributed by atoms with Gasteiger partial charge >= 0.3 is 5.97 Å². The van der Waals surface area contributed by atoms with Crippen molar-refractivity contribution in [2.45, 2.75) is 18.8 Å². The van der Waals surface area contributed by atoms with E-state index in [0.29, 0.717) is 17.2 Å². The number of anilines is 1. The maximum atomic E-state index is 12.4. The summed E-state index contributed by atoms with van der Waals surface area (Å²) in [4.78, 5) is 23.8. The SMILES string of the molecule is COC(=O)c1ccc(CC2(C)C(=O)Nc3ccc(Cl)cc32)o1. The zero-order valence-corrected chi connectivity index (χ0v) is 12.9. The first-order valence-corrected chi connectivity index (χ1v) is 7.10. The van der Waals surface area contributed by atoms with Crippen LogP contribution in [0.5, 0.6) is 0 Å². The highest BCUT2D eigenvalue weighted by Crippen LogP contribution is 2.41. The molecule has 0 saturated heterocycles. The lowest BCUT2D eigenvalue weighted by molar-refractivity contribution is -0.120. The van der Waals surface area contributed by atoms with Gasteiger partial charge in [-0.25, -0.2) is 4.79 Å². The topological polar surface area (TPSA) is 68.5 Å². The third-order valence-corrected chi connectivity index (χ3v) is 4.14. The van der Waals surface area contributed by atoms with E-state index in [1.165, 1.54) is 13.2 Å². The molecule has 0 saturated carbocycles. The maximum Gasteiger partial charge on any atom is 0.373 e. The number of carbonyl (C=O) groups excluding carboxylic acids is 2. The highest BCUT2D eigenvalue weighted by Gasteiger charge is 2.43. The van der Waals surface area contributed by atoms with E-state index in [9.17, 15) is 9.59 Å². The van der Waals surface area contributed by atoms with Gasteiger partial charge in [0.05, 0.1) is 12.5 Å². The van der Waals surface area contributed by atoms with Gasteiger partial charge in [0.15, 0.2) is 0 Å². The molecule has 1 aromatic heterocycles. The molecule has 1 N–H and O–H groups in total. The monoisotopic (exact) mass is 319 g/mol. The molecule has 2 heterocycles. The fraction of sp³-hybridized carbons (Fsp3) is 0.250. The van der Waals surface area contributed by atoms with Crippen LogP contribution in [-0.2, 0) is 21.4 Å². The number of halogens is 1. The Morgan fingerprint density at radius 2 is 2.14 bits per heavy atom. The Morgan fingerprint density at radius 3 is 2.86 bits per heavy atom. The second-order valence-corrected chi connectivity index (χ2v) is 5.85. The van der Waals surface area contributed by atoms with E-state index in [0.717, 1.165) is 11.3 Å². The molecular weight excluding hydrogens is 306 g/mol. The minimum atomic E-state index is -0.800. The zero-order chi connectivity index (χ0) is 15.9. The second-order valence-electron chi connectivity index (χ2n) is 5.41. The van der Waals surface area contributed by atoms with E-state index in [-0.39, 0.29) is 11.7 Å². The molecule has 1 aliphatic rings. The summed E-state index contributed by atoms with van der Waals surface area (Å²) in [6.07, 6.45) is 0.323. The summed E-state index contributed by atoms with van der Waals surface area (Å²) in [5, 5.41) is 3.41. The van der Waals surface area contributed by atoms with Crippen molar-refractivity contribution in [2.24, 2.45) is 0 Å². The molecule has 6 heteroatoms. The molecule has 114 valence electrons. The van der Waals surface area contributed by atoms with E-state index in [1.54, 1.807) is 24.3 Å². The number of rotatable bonds is 3. The first-order valence-electron chi connectivity index (χ1n) is 6.72. The summed E-state index contributed by atoms with van der Waals surface area (Å²) < 4.78 is 10.1. The van der Waals surface area contributed by atoms with Crippen LogP contribution in [-0.4, -0.2) is 19.0 Å². The molecule has 0 fully saturated rings. The summed E-state index contributed by atoms with van der Waals surface area (Å²) >= 11 is 6.04. The third kappa shape index (κ3) is 2.27. The molecule has 1 atom stereocenters. The van der Waals surface area contributed by atoms with Crippen LogP contribution in [0.3, 0.4) is 0 Å². The van der Waals surface area contributed by atoms with Gasteiger partial charge in [-0.05, 0) is 42.8 Å². The Bertz CT molecular complexity index is 767. The van der Waals surface area contributed by atoms with Crippen LogP contribution in [0.2, 0.25) is 5.02 Å². The largest absolute Gasteiger partial charge is 0.463 e. The average Bonchev–Trinajstić information content (AvgIpc) is 3.04. The van der Waals surface area contributed by atoms with Crippen molar-refractivity contribution in [1.29, 1.82) is 0 Å². The Morgan fingerprint density at radius 1 is 1.36 bits per heavy atom. The van der Waals surface area contributed by atoms with E-state index < -0.39 is 11.4 Å². The Hall–Kier alpha value is -2.27. The summed E-state index contributed by atoms with van der Waals surface area (Å²) in [7, 11) is 1.29. The van der Waals surface area contributed by atoms with Gasteiger partial charge in [-0.1, -0.05) is 11.6 Å². The summed E-state index contributed by atoms with van der Waals surface area (Å²) in [5.41, 5.74) is 0.767. The zero-order valence-electron chi connectivity index (χ0n) is 12.1. The molecule has 0 aliphatic carbocycles. The highest BCUT2D eigenvalue weighted by atomic mass is 35.5. The number of methoxy groups -OCH3 is 1. The lowest BCUT2D eigenvalue weighted by Gasteiger charge is -2.21. The van der Waals surface area contributed by atoms with Crippen LogP contribution in [0, 0.1) is 0 Å². The summed E-state index contributed by atoms with van der Waals surface area (Å²) in [5.74, 6) is -0.0202. The fourth-order valence-electron chi connectivity index (χ4n) is 2.67. The molecular formula is C16H14ClNO4. The van der Waals surface area contributed by atoms with Crippen LogP contribution in [0.1, 0.15) is 28.8 Å². The van der Waals surface area contributed by atoms with E-state index in [4.69, 9.17) is 16.0 Å². The van der Waals surface area contributed by atoms with E-state index >= 15 is 0 Å². The predicted molar refractivity (Wildman–Crippen MR) is 81.2 cm³/mol. The van der Waals surface area contributed by atoms with E-state index in [2.05, 4.69) is 10.1 Å². The van der Waals surface area contributed by atoms with Gasteiger partial charge in [-0.15, -0.1) is 0 Å². The molecule has 2 aromatic rings. The summed E-state index contributed by atoms with van der Waals surface area (Å²) in [6.45, 7) is 1.82. The molecule has 0 spiro atoms. The number of esters is 1. The molecule has 3 rings (SSSR count). The molecule has 1 amide bonds. The van der Waals surface area contributed by atoms with Crippen LogP contribution in [0.15, 0.2) is 34.7 Å². The van der Waals surface area contributed by atoms with Crippen molar-refractivity contribution in [2.75, 3.05) is 12.4 Å². The smallest absolute Gasteiger partial charge is 0.373 e. The molecule has 1 unspecified atom stereocenters. The number of carbonyl (C=O) groups is 2. The van der Waals surface area contributed by atoms with Crippen LogP contribution < -0.4 is 5.32 Å². The maximum absolute atomic E-state index is 12.4. The Labute approximate surface area is 132 Å². The van der Waals surface area contributed by atoms with Crippen LogP contribution >= 0.6 is 11.6 Å². The quantitative estimate of drug-likeness (QED) is 0.882. The van der Waals surface area contributed by atoms with Crippen molar-refractivity contribution in [1.82, 2.24) is 0 Å². The van der Waals surface area contributed by atoms with Gasteiger partial charge in [-0.3, -0.25) is 4.79 Å². The number of ether oxygens (including phenoxy) is 1. The Kier molecular flexibility index (Phi) is 3.45. The lowest BCUT2D eigenvalue weighted by atomic mass is 9.80. The first kappa shape index (κ1) is 14.7. The van der Waals surface area contributed by atoms with Gasteiger partial charge in [0.1, 0.15) is 5.76 Å². The minimum absolute atomic E-state index is 0.117. The van der Waals surface area contributed by atoms with Gasteiger partial charge in [0, 0.05) is 17.1 Å². The van der Waals surface area contributed by atoms with Gasteiger partial charge in [0.2, 0.25) is 11.7 Å². The highest BCUT2D eigenvalue weighted by molar-refractivity contribution is 6.31. The number of hydrogen-bond acceptors (Lipinski definition) is 4. The standard InChI is InChI=1S/C16H14ClNO4/c1-16(8-10-4-6-13(22-10)14(19)21-2)11-7-9(17)3-5-12(11)18-15(16)20/h3-7H,8H2,1-2H3,(H,18,20). The number of fused-ring (bicyclic) bond motifs is 1. The lowest BCUT2D eigenvalue weighted by Crippen LogP contribution is -2.33. The fourth-order valence-corrected chi connectivity index (χ4v) is 2.84. The number of furan rings is 1. The summed E-state index contributed by atoms with van der Waals surface area (Å²) in [6, 6.07) is 8.50. The van der Waals surface area contributed by atoms with Crippen molar-refractivity contribution in [3.05, 3.63) is 52.4 Å². The minimum Gasteiger partial charge on any atom is -0.463 e. The number of nitrogens with one attached hydrogen (secondary N) is 1. The Balaban J connectivity index is 1.94.